The molecule has 0 radical (unpaired) electrons. The van der Waals surface area contributed by atoms with Gasteiger partial charge in [0.2, 0.25) is 5.91 Å². The Kier molecular flexibility index (Phi) is 6.67. The normalized spacial score (nSPS) is 10.6. The molecular formula is C14H21ClN2O2. The maximum Gasteiger partial charge on any atom is 0.225 e. The van der Waals surface area contributed by atoms with Crippen molar-refractivity contribution in [3.05, 3.63) is 23.2 Å². The topological polar surface area (TPSA) is 41.6 Å². The number of anilines is 1. The molecule has 1 N–H and O–H groups in total. The minimum absolute atomic E-state index is 0.00636. The predicted octanol–water partition coefficient (Wildman–Crippen LogP) is 3.02. The molecule has 0 bridgehead atoms. The van der Waals surface area contributed by atoms with Crippen molar-refractivity contribution in [2.24, 2.45) is 0 Å². The fourth-order valence-electron chi connectivity index (χ4n) is 1.77. The van der Waals surface area contributed by atoms with Crippen LogP contribution in [0.1, 0.15) is 20.3 Å². The molecule has 1 rings (SSSR count). The molecule has 0 spiro atoms. The lowest BCUT2D eigenvalue weighted by atomic mass is 10.3. The molecule has 0 fully saturated rings. The summed E-state index contributed by atoms with van der Waals surface area (Å²) in [5.74, 6) is 0.593. The van der Waals surface area contributed by atoms with Crippen LogP contribution in [0.2, 0.25) is 5.02 Å². The van der Waals surface area contributed by atoms with Gasteiger partial charge in [0.15, 0.2) is 0 Å². The molecule has 0 aromatic heterocycles. The van der Waals surface area contributed by atoms with E-state index in [4.69, 9.17) is 16.3 Å². The van der Waals surface area contributed by atoms with Crippen molar-refractivity contribution in [2.75, 3.05) is 32.1 Å². The van der Waals surface area contributed by atoms with Gasteiger partial charge in [-0.05, 0) is 31.3 Å². The molecule has 1 aromatic carbocycles. The van der Waals surface area contributed by atoms with Crippen LogP contribution in [-0.4, -0.2) is 37.6 Å². The number of hydrogen-bond donors (Lipinski definition) is 1. The molecule has 0 heterocycles. The lowest BCUT2D eigenvalue weighted by Crippen LogP contribution is -2.27. The van der Waals surface area contributed by atoms with Gasteiger partial charge in [-0.15, -0.1) is 0 Å². The third-order valence-corrected chi connectivity index (χ3v) is 3.28. The van der Waals surface area contributed by atoms with Crippen molar-refractivity contribution in [1.29, 1.82) is 0 Å². The van der Waals surface area contributed by atoms with Gasteiger partial charge in [-0.1, -0.05) is 25.4 Å². The third kappa shape index (κ3) is 5.09. The van der Waals surface area contributed by atoms with E-state index in [9.17, 15) is 4.79 Å². The van der Waals surface area contributed by atoms with Crippen molar-refractivity contribution < 1.29 is 9.53 Å². The van der Waals surface area contributed by atoms with Gasteiger partial charge >= 0.3 is 0 Å². The number of nitrogens with zero attached hydrogens (tertiary/aromatic N) is 1. The molecule has 4 nitrogen and oxygen atoms in total. The zero-order valence-corrected chi connectivity index (χ0v) is 12.5. The smallest absolute Gasteiger partial charge is 0.225 e. The van der Waals surface area contributed by atoms with E-state index in [-0.39, 0.29) is 5.91 Å². The quantitative estimate of drug-likeness (QED) is 0.837. The van der Waals surface area contributed by atoms with Crippen LogP contribution < -0.4 is 10.1 Å². The Hall–Kier alpha value is -1.26. The summed E-state index contributed by atoms with van der Waals surface area (Å²) in [4.78, 5) is 14.0. The highest BCUT2D eigenvalue weighted by molar-refractivity contribution is 6.32. The van der Waals surface area contributed by atoms with Crippen LogP contribution in [0.3, 0.4) is 0 Å². The number of methoxy groups -OCH3 is 1. The lowest BCUT2D eigenvalue weighted by Gasteiger charge is -2.17. The number of carbonyl (C=O) groups is 1. The first-order valence-corrected chi connectivity index (χ1v) is 6.84. The third-order valence-electron chi connectivity index (χ3n) is 2.99. The van der Waals surface area contributed by atoms with Gasteiger partial charge in [0.05, 0.1) is 12.1 Å². The molecule has 0 atom stereocenters. The van der Waals surface area contributed by atoms with E-state index in [2.05, 4.69) is 24.1 Å². The van der Waals surface area contributed by atoms with Crippen molar-refractivity contribution in [1.82, 2.24) is 4.90 Å². The van der Waals surface area contributed by atoms with Gasteiger partial charge in [0, 0.05) is 18.7 Å². The second-order valence-corrected chi connectivity index (χ2v) is 4.58. The van der Waals surface area contributed by atoms with Crippen LogP contribution in [0.4, 0.5) is 5.69 Å². The average molecular weight is 285 g/mol. The summed E-state index contributed by atoms with van der Waals surface area (Å²) in [5.41, 5.74) is 0.690. The minimum atomic E-state index is -0.00636. The van der Waals surface area contributed by atoms with Crippen LogP contribution in [0.5, 0.6) is 5.75 Å². The highest BCUT2D eigenvalue weighted by Crippen LogP contribution is 2.27. The molecule has 19 heavy (non-hydrogen) atoms. The van der Waals surface area contributed by atoms with Crippen molar-refractivity contribution >= 4 is 23.2 Å². The number of benzene rings is 1. The fourth-order valence-corrected chi connectivity index (χ4v) is 2.02. The predicted molar refractivity (Wildman–Crippen MR) is 79.0 cm³/mol. The van der Waals surface area contributed by atoms with Crippen molar-refractivity contribution in [2.45, 2.75) is 20.3 Å². The van der Waals surface area contributed by atoms with Crippen LogP contribution in [0.25, 0.3) is 0 Å². The van der Waals surface area contributed by atoms with E-state index >= 15 is 0 Å². The van der Waals surface area contributed by atoms with Crippen LogP contribution in [0.15, 0.2) is 18.2 Å². The molecule has 0 unspecified atom stereocenters. The highest BCUT2D eigenvalue weighted by Gasteiger charge is 2.07. The highest BCUT2D eigenvalue weighted by atomic mass is 35.5. The van der Waals surface area contributed by atoms with E-state index < -0.39 is 0 Å². The maximum absolute atomic E-state index is 11.8. The Balaban J connectivity index is 2.50. The molecule has 1 amide bonds. The lowest BCUT2D eigenvalue weighted by molar-refractivity contribution is -0.116. The Morgan fingerprint density at radius 3 is 2.58 bits per heavy atom. The first kappa shape index (κ1) is 15.8. The van der Waals surface area contributed by atoms with E-state index in [1.54, 1.807) is 25.3 Å². The SMILES string of the molecule is CCN(CC)CCC(=O)Nc1ccc(OC)c(Cl)c1. The summed E-state index contributed by atoms with van der Waals surface area (Å²) in [6, 6.07) is 5.21. The average Bonchev–Trinajstić information content (AvgIpc) is 2.40. The number of amides is 1. The molecule has 0 saturated carbocycles. The van der Waals surface area contributed by atoms with Crippen LogP contribution in [0, 0.1) is 0 Å². The van der Waals surface area contributed by atoms with Crippen molar-refractivity contribution in [3.8, 4) is 5.75 Å². The van der Waals surface area contributed by atoms with Gasteiger partial charge in [-0.25, -0.2) is 0 Å². The summed E-state index contributed by atoms with van der Waals surface area (Å²) in [6.45, 7) is 6.86. The van der Waals surface area contributed by atoms with E-state index in [0.717, 1.165) is 19.6 Å². The number of rotatable bonds is 7. The number of hydrogen-bond acceptors (Lipinski definition) is 3. The number of ether oxygens (including phenoxy) is 1. The molecule has 0 aliphatic carbocycles. The number of nitrogens with one attached hydrogen (secondary N) is 1. The van der Waals surface area contributed by atoms with Gasteiger partial charge in [0.1, 0.15) is 5.75 Å². The number of halogens is 1. The zero-order valence-electron chi connectivity index (χ0n) is 11.7. The second-order valence-electron chi connectivity index (χ2n) is 4.17. The summed E-state index contributed by atoms with van der Waals surface area (Å²) in [6.07, 6.45) is 0.478. The summed E-state index contributed by atoms with van der Waals surface area (Å²) >= 11 is 6.00. The Morgan fingerprint density at radius 1 is 1.37 bits per heavy atom. The second kappa shape index (κ2) is 8.02. The van der Waals surface area contributed by atoms with Gasteiger partial charge in [-0.2, -0.15) is 0 Å². The first-order chi connectivity index (χ1) is 9.10. The molecular weight excluding hydrogens is 264 g/mol. The van der Waals surface area contributed by atoms with Crippen LogP contribution >= 0.6 is 11.6 Å². The zero-order chi connectivity index (χ0) is 14.3. The van der Waals surface area contributed by atoms with E-state index in [1.807, 2.05) is 0 Å². The minimum Gasteiger partial charge on any atom is -0.495 e. The Bertz CT molecular complexity index is 420. The summed E-state index contributed by atoms with van der Waals surface area (Å²) in [7, 11) is 1.56. The molecule has 0 saturated heterocycles. The Morgan fingerprint density at radius 2 is 2.05 bits per heavy atom. The molecule has 106 valence electrons. The van der Waals surface area contributed by atoms with Gasteiger partial charge in [0.25, 0.3) is 0 Å². The molecule has 5 heteroatoms. The number of carbonyl (C=O) groups excluding carboxylic acids is 1. The van der Waals surface area contributed by atoms with Crippen LogP contribution in [-0.2, 0) is 4.79 Å². The molecule has 0 aliphatic rings. The van der Waals surface area contributed by atoms with E-state index in [0.29, 0.717) is 22.9 Å². The summed E-state index contributed by atoms with van der Waals surface area (Å²) < 4.78 is 5.06. The summed E-state index contributed by atoms with van der Waals surface area (Å²) in [5, 5.41) is 3.32. The van der Waals surface area contributed by atoms with Gasteiger partial charge < -0.3 is 15.0 Å². The van der Waals surface area contributed by atoms with Crippen molar-refractivity contribution in [3.63, 3.8) is 0 Å². The Labute approximate surface area is 119 Å². The standard InChI is InChI=1S/C14H21ClN2O2/c1-4-17(5-2)9-8-14(18)16-11-6-7-13(19-3)12(15)10-11/h6-7,10H,4-5,8-9H2,1-3H3,(H,16,18). The first-order valence-electron chi connectivity index (χ1n) is 6.46. The fraction of sp³-hybridized carbons (Fsp3) is 0.500. The van der Waals surface area contributed by atoms with Gasteiger partial charge in [-0.3, -0.25) is 4.79 Å². The van der Waals surface area contributed by atoms with E-state index in [1.165, 1.54) is 0 Å². The molecule has 0 aliphatic heterocycles. The molecule has 1 aromatic rings. The monoisotopic (exact) mass is 284 g/mol. The maximum atomic E-state index is 11.8. The largest absolute Gasteiger partial charge is 0.495 e.